The molecule has 1 unspecified atom stereocenters. The summed E-state index contributed by atoms with van der Waals surface area (Å²) in [5.74, 6) is 0.344. The number of halogens is 2. The molecule has 1 aromatic rings. The molecule has 0 spiro atoms. The van der Waals surface area contributed by atoms with Gasteiger partial charge in [0.05, 0.1) is 4.47 Å². The van der Waals surface area contributed by atoms with Gasteiger partial charge in [0.1, 0.15) is 17.7 Å². The lowest BCUT2D eigenvalue weighted by molar-refractivity contribution is 0.185. The molecular formula is C12H15BrFNO. The van der Waals surface area contributed by atoms with E-state index in [0.717, 1.165) is 36.8 Å². The Morgan fingerprint density at radius 1 is 1.31 bits per heavy atom. The minimum atomic E-state index is -0.259. The number of benzene rings is 1. The highest BCUT2D eigenvalue weighted by Crippen LogP contribution is 2.27. The Bertz CT molecular complexity index is 351. The van der Waals surface area contributed by atoms with Crippen LogP contribution in [-0.2, 0) is 0 Å². The predicted octanol–water partition coefficient (Wildman–Crippen LogP) is 3.11. The first-order valence-electron chi connectivity index (χ1n) is 5.58. The molecule has 0 aromatic heterocycles. The molecule has 0 saturated carbocycles. The first kappa shape index (κ1) is 11.9. The normalized spacial score (nSPS) is 21.5. The number of hydrogen-bond donors (Lipinski definition) is 1. The molecule has 1 heterocycles. The molecule has 1 saturated heterocycles. The van der Waals surface area contributed by atoms with E-state index < -0.39 is 0 Å². The maximum absolute atomic E-state index is 13.1. The first-order chi connectivity index (χ1) is 7.75. The number of rotatable bonds is 2. The summed E-state index contributed by atoms with van der Waals surface area (Å²) in [4.78, 5) is 0. The maximum Gasteiger partial charge on any atom is 0.136 e. The molecule has 4 heteroatoms. The van der Waals surface area contributed by atoms with Crippen LogP contribution in [0.4, 0.5) is 4.39 Å². The van der Waals surface area contributed by atoms with E-state index in [-0.39, 0.29) is 11.9 Å². The molecule has 1 aliphatic rings. The number of nitrogens with one attached hydrogen (secondary N) is 1. The van der Waals surface area contributed by atoms with Gasteiger partial charge in [-0.15, -0.1) is 0 Å². The smallest absolute Gasteiger partial charge is 0.136 e. The van der Waals surface area contributed by atoms with Crippen molar-refractivity contribution in [3.63, 3.8) is 0 Å². The topological polar surface area (TPSA) is 21.3 Å². The number of hydrogen-bond acceptors (Lipinski definition) is 2. The van der Waals surface area contributed by atoms with Gasteiger partial charge in [-0.25, -0.2) is 4.39 Å². The fourth-order valence-corrected chi connectivity index (χ4v) is 2.19. The van der Waals surface area contributed by atoms with Crippen molar-refractivity contribution >= 4 is 15.9 Å². The molecule has 1 aromatic carbocycles. The van der Waals surface area contributed by atoms with Gasteiger partial charge in [0, 0.05) is 6.07 Å². The van der Waals surface area contributed by atoms with Crippen LogP contribution in [0.2, 0.25) is 0 Å². The lowest BCUT2D eigenvalue weighted by Crippen LogP contribution is -2.19. The van der Waals surface area contributed by atoms with Crippen LogP contribution in [0.5, 0.6) is 5.75 Å². The minimum absolute atomic E-state index is 0.188. The van der Waals surface area contributed by atoms with Gasteiger partial charge in [0.15, 0.2) is 0 Å². The largest absolute Gasteiger partial charge is 0.489 e. The predicted molar refractivity (Wildman–Crippen MR) is 65.2 cm³/mol. The van der Waals surface area contributed by atoms with Crippen LogP contribution in [-0.4, -0.2) is 19.2 Å². The standard InChI is InChI=1S/C12H15BrFNO/c13-11-4-3-9(14)8-12(11)16-10-2-1-6-15-7-5-10/h3-4,8,10,15H,1-2,5-7H2. The van der Waals surface area contributed by atoms with E-state index >= 15 is 0 Å². The summed E-state index contributed by atoms with van der Waals surface area (Å²) in [6.45, 7) is 2.02. The second kappa shape index (κ2) is 5.64. The summed E-state index contributed by atoms with van der Waals surface area (Å²) < 4.78 is 19.7. The molecule has 88 valence electrons. The van der Waals surface area contributed by atoms with Gasteiger partial charge >= 0.3 is 0 Å². The minimum Gasteiger partial charge on any atom is -0.489 e. The molecule has 0 radical (unpaired) electrons. The quantitative estimate of drug-likeness (QED) is 0.903. The molecular weight excluding hydrogens is 273 g/mol. The number of ether oxygens (including phenoxy) is 1. The second-order valence-electron chi connectivity index (χ2n) is 4.00. The third-order valence-corrected chi connectivity index (χ3v) is 3.36. The summed E-state index contributed by atoms with van der Waals surface area (Å²) in [7, 11) is 0. The Hall–Kier alpha value is -0.610. The summed E-state index contributed by atoms with van der Waals surface area (Å²) >= 11 is 3.37. The van der Waals surface area contributed by atoms with E-state index in [9.17, 15) is 4.39 Å². The van der Waals surface area contributed by atoms with Crippen LogP contribution in [0, 0.1) is 5.82 Å². The van der Waals surface area contributed by atoms with Crippen molar-refractivity contribution in [1.29, 1.82) is 0 Å². The van der Waals surface area contributed by atoms with E-state index in [4.69, 9.17) is 4.74 Å². The Labute approximate surface area is 103 Å². The Kier molecular flexibility index (Phi) is 4.18. The van der Waals surface area contributed by atoms with Gasteiger partial charge in [-0.05, 0) is 60.4 Å². The average Bonchev–Trinajstić information content (AvgIpc) is 2.52. The Balaban J connectivity index is 2.04. The van der Waals surface area contributed by atoms with Crippen molar-refractivity contribution < 1.29 is 9.13 Å². The molecule has 1 N–H and O–H groups in total. The molecule has 16 heavy (non-hydrogen) atoms. The van der Waals surface area contributed by atoms with Gasteiger partial charge in [-0.1, -0.05) is 0 Å². The van der Waals surface area contributed by atoms with Crippen LogP contribution in [0.1, 0.15) is 19.3 Å². The first-order valence-corrected chi connectivity index (χ1v) is 6.37. The second-order valence-corrected chi connectivity index (χ2v) is 4.85. The molecule has 2 nitrogen and oxygen atoms in total. The van der Waals surface area contributed by atoms with Crippen LogP contribution in [0.3, 0.4) is 0 Å². The average molecular weight is 288 g/mol. The van der Waals surface area contributed by atoms with E-state index in [2.05, 4.69) is 21.2 Å². The highest BCUT2D eigenvalue weighted by Gasteiger charge is 2.15. The molecule has 0 aliphatic carbocycles. The van der Waals surface area contributed by atoms with Crippen LogP contribution in [0.25, 0.3) is 0 Å². The van der Waals surface area contributed by atoms with E-state index in [0.29, 0.717) is 5.75 Å². The van der Waals surface area contributed by atoms with E-state index in [1.54, 1.807) is 6.07 Å². The summed E-state index contributed by atoms with van der Waals surface area (Å²) in [6, 6.07) is 4.54. The van der Waals surface area contributed by atoms with E-state index in [1.807, 2.05) is 0 Å². The zero-order chi connectivity index (χ0) is 11.4. The van der Waals surface area contributed by atoms with E-state index in [1.165, 1.54) is 12.1 Å². The third kappa shape index (κ3) is 3.19. The van der Waals surface area contributed by atoms with Crippen molar-refractivity contribution in [1.82, 2.24) is 5.32 Å². The van der Waals surface area contributed by atoms with Gasteiger partial charge in [-0.2, -0.15) is 0 Å². The molecule has 2 rings (SSSR count). The third-order valence-electron chi connectivity index (χ3n) is 2.71. The summed E-state index contributed by atoms with van der Waals surface area (Å²) in [5.41, 5.74) is 0. The molecule has 1 atom stereocenters. The fourth-order valence-electron chi connectivity index (χ4n) is 1.85. The van der Waals surface area contributed by atoms with Gasteiger partial charge in [-0.3, -0.25) is 0 Å². The van der Waals surface area contributed by atoms with Crippen molar-refractivity contribution in [2.45, 2.75) is 25.4 Å². The van der Waals surface area contributed by atoms with Gasteiger partial charge in [0.2, 0.25) is 0 Å². The zero-order valence-electron chi connectivity index (χ0n) is 9.01. The summed E-state index contributed by atoms with van der Waals surface area (Å²) in [5, 5.41) is 3.32. The Morgan fingerprint density at radius 2 is 2.19 bits per heavy atom. The highest BCUT2D eigenvalue weighted by atomic mass is 79.9. The molecule has 0 bridgehead atoms. The van der Waals surface area contributed by atoms with Crippen LogP contribution in [0.15, 0.2) is 22.7 Å². The highest BCUT2D eigenvalue weighted by molar-refractivity contribution is 9.10. The fraction of sp³-hybridized carbons (Fsp3) is 0.500. The Morgan fingerprint density at radius 3 is 3.06 bits per heavy atom. The van der Waals surface area contributed by atoms with Crippen LogP contribution >= 0.6 is 15.9 Å². The summed E-state index contributed by atoms with van der Waals surface area (Å²) in [6.07, 6.45) is 3.30. The molecule has 1 fully saturated rings. The van der Waals surface area contributed by atoms with Crippen molar-refractivity contribution in [3.8, 4) is 5.75 Å². The molecule has 0 amide bonds. The van der Waals surface area contributed by atoms with Gasteiger partial charge in [0.25, 0.3) is 0 Å². The SMILES string of the molecule is Fc1ccc(Br)c(OC2CCCNCC2)c1. The monoisotopic (exact) mass is 287 g/mol. The van der Waals surface area contributed by atoms with Crippen LogP contribution < -0.4 is 10.1 Å². The lowest BCUT2D eigenvalue weighted by Gasteiger charge is -2.17. The van der Waals surface area contributed by atoms with Crippen molar-refractivity contribution in [2.75, 3.05) is 13.1 Å². The maximum atomic E-state index is 13.1. The van der Waals surface area contributed by atoms with Crippen molar-refractivity contribution in [2.24, 2.45) is 0 Å². The lowest BCUT2D eigenvalue weighted by atomic mass is 10.1. The molecule has 1 aliphatic heterocycles. The van der Waals surface area contributed by atoms with Gasteiger partial charge < -0.3 is 10.1 Å². The zero-order valence-corrected chi connectivity index (χ0v) is 10.6. The van der Waals surface area contributed by atoms with Crippen molar-refractivity contribution in [3.05, 3.63) is 28.5 Å².